The van der Waals surface area contributed by atoms with Crippen molar-refractivity contribution in [3.8, 4) is 66.8 Å². The summed E-state index contributed by atoms with van der Waals surface area (Å²) in [5.41, 5.74) is 8.40. The van der Waals surface area contributed by atoms with E-state index in [0.717, 1.165) is 141 Å². The highest BCUT2D eigenvalue weighted by Crippen LogP contribution is 2.38. The zero-order chi connectivity index (χ0) is 103. The molecule has 0 unspecified atom stereocenters. The number of carbonyl (C=O) groups is 8. The molecule has 14 rings (SSSR count). The average Bonchev–Trinajstić information content (AvgIpc) is 0.829. The van der Waals surface area contributed by atoms with Crippen molar-refractivity contribution in [1.29, 1.82) is 0 Å². The molecule has 0 aromatic heterocycles. The number of carbonyl (C=O) groups excluding carboxylic acids is 8. The van der Waals surface area contributed by atoms with Crippen molar-refractivity contribution in [3.05, 3.63) is 408 Å². The highest BCUT2D eigenvalue weighted by atomic mass is 19.2. The zero-order valence-electron chi connectivity index (χ0n) is 81.9. The summed E-state index contributed by atoms with van der Waals surface area (Å²) >= 11 is 0. The number of amides is 4. The second-order valence-electron chi connectivity index (χ2n) is 38.2. The maximum Gasteiger partial charge on any atom is 0.326 e. The normalized spacial score (nSPS) is 11.3. The van der Waals surface area contributed by atoms with Crippen LogP contribution in [-0.2, 0) is 50.0 Å². The van der Waals surface area contributed by atoms with E-state index in [-0.39, 0.29) is 5.41 Å². The van der Waals surface area contributed by atoms with E-state index in [1.165, 1.54) is 35.4 Å². The number of rotatable bonds is 23. The molecule has 0 saturated heterocycles. The molecule has 0 spiro atoms. The van der Waals surface area contributed by atoms with Crippen molar-refractivity contribution in [2.75, 3.05) is 45.8 Å². The summed E-state index contributed by atoms with van der Waals surface area (Å²) in [6.07, 6.45) is 0.909. The van der Waals surface area contributed by atoms with Gasteiger partial charge in [0.1, 0.15) is 117 Å². The van der Waals surface area contributed by atoms with Gasteiger partial charge in [0.25, 0.3) is 23.6 Å². The first-order valence-electron chi connectivity index (χ1n) is 45.9. The van der Waals surface area contributed by atoms with Crippen LogP contribution in [0.5, 0.6) is 0 Å². The van der Waals surface area contributed by atoms with Crippen molar-refractivity contribution >= 4 is 70.3 Å². The molecule has 0 fully saturated rings. The Bertz CT molecular complexity index is 6770. The Morgan fingerprint density at radius 1 is 0.225 bits per heavy atom. The molecule has 0 bridgehead atoms. The summed E-state index contributed by atoms with van der Waals surface area (Å²) in [6.45, 7) is 26.9. The molecular formula is C118H112F8N4O12. The number of benzene rings is 14. The lowest BCUT2D eigenvalue weighted by atomic mass is 9.86. The predicted molar refractivity (Wildman–Crippen MR) is 542 cm³/mol. The van der Waals surface area contributed by atoms with E-state index in [1.807, 2.05) is 182 Å². The van der Waals surface area contributed by atoms with E-state index < -0.39 is 165 Å². The third kappa shape index (κ3) is 29.4. The van der Waals surface area contributed by atoms with Crippen LogP contribution in [0.1, 0.15) is 163 Å². The van der Waals surface area contributed by atoms with Crippen molar-refractivity contribution in [3.63, 3.8) is 0 Å². The lowest BCUT2D eigenvalue weighted by Gasteiger charge is -2.26. The Kier molecular flexibility index (Phi) is 35.2. The Morgan fingerprint density at radius 3 is 0.690 bits per heavy atom. The van der Waals surface area contributed by atoms with Gasteiger partial charge in [-0.1, -0.05) is 258 Å². The van der Waals surface area contributed by atoms with Gasteiger partial charge in [-0.25, -0.2) is 35.1 Å². The van der Waals surface area contributed by atoms with Crippen LogP contribution in [0.2, 0.25) is 0 Å². The van der Waals surface area contributed by atoms with E-state index in [2.05, 4.69) is 27.7 Å². The highest BCUT2D eigenvalue weighted by Gasteiger charge is 2.35. The molecule has 0 aliphatic heterocycles. The van der Waals surface area contributed by atoms with Crippen LogP contribution >= 0.6 is 0 Å². The molecule has 0 aliphatic rings. The first-order chi connectivity index (χ1) is 67.1. The van der Waals surface area contributed by atoms with Crippen molar-refractivity contribution in [2.24, 2.45) is 0 Å². The fraction of sp³-hybridized carbons (Fsp3) is 0.220. The molecule has 4 amide bonds. The molecule has 0 atom stereocenters. The van der Waals surface area contributed by atoms with Crippen molar-refractivity contribution in [1.82, 2.24) is 0 Å². The standard InChI is InChI=1S/2C31H27F2NO3.C29H31F2NO3.C27H27F2NO3/c1-31(2,3)37-28(35)20-34(30(36)29-26(32)13-8-14-27(29)33)25-12-7-11-24(19-25)23-17-15-22(16-18-23)21-9-5-4-6-10-21;1-31(2,3)37-28(35)20-34(30(36)29-26(32)17-10-18-27(29)33)23-14-9-13-22(19-23)25-16-8-7-15-24(25)21-11-5-4-6-12-21;1-28(2,3)21-15-13-19(14-16-21)20-9-7-10-22(17-20)32(18-25(33)35-29(4,5)6)27(34)26-23(30)11-8-12-24(26)31;1-5-18-12-14-19(15-13-18)20-8-6-9-21(16-20)30(17-24(31)33-27(2,3)4)26(32)25-22(28)10-7-11-23(25)29/h2*4-19H,20H2,1-3H3;7-17H,18H2,1-6H3;6-16H,5,17H2,1-4H3. The minimum Gasteiger partial charge on any atom is -0.459 e. The van der Waals surface area contributed by atoms with Gasteiger partial charge < -0.3 is 18.9 Å². The first kappa shape index (κ1) is 107. The number of ether oxygens (including phenoxy) is 4. The molecular weight excluding hydrogens is 1820 g/mol. The zero-order valence-corrected chi connectivity index (χ0v) is 81.9. The maximum absolute atomic E-state index is 14.6. The summed E-state index contributed by atoms with van der Waals surface area (Å²) in [5, 5.41) is 0. The Hall–Kier alpha value is -15.7. The van der Waals surface area contributed by atoms with Crippen LogP contribution in [0.15, 0.2) is 328 Å². The number of nitrogens with zero attached hydrogens (tertiary/aromatic N) is 4. The number of halogens is 8. The molecule has 24 heteroatoms. The van der Waals surface area contributed by atoms with Gasteiger partial charge in [-0.05, 0) is 270 Å². The predicted octanol–water partition coefficient (Wildman–Crippen LogP) is 27.7. The van der Waals surface area contributed by atoms with Gasteiger partial charge in [0.2, 0.25) is 0 Å². The first-order valence-corrected chi connectivity index (χ1v) is 45.9. The van der Waals surface area contributed by atoms with Crippen LogP contribution in [-0.4, -0.2) is 96.1 Å². The van der Waals surface area contributed by atoms with E-state index in [0.29, 0.717) is 22.7 Å². The van der Waals surface area contributed by atoms with Crippen LogP contribution in [0.25, 0.3) is 66.8 Å². The van der Waals surface area contributed by atoms with Crippen LogP contribution < -0.4 is 19.6 Å². The molecule has 0 aliphatic carbocycles. The molecule has 14 aromatic rings. The van der Waals surface area contributed by atoms with Crippen molar-refractivity contribution < 1.29 is 92.4 Å². The minimum atomic E-state index is -1.01. The summed E-state index contributed by atoms with van der Waals surface area (Å²) < 4.78 is 137. The molecule has 16 nitrogen and oxygen atoms in total. The van der Waals surface area contributed by atoms with Gasteiger partial charge in [0.15, 0.2) is 0 Å². The number of esters is 4. The minimum absolute atomic E-state index is 0.000836. The largest absolute Gasteiger partial charge is 0.459 e. The van der Waals surface area contributed by atoms with Gasteiger partial charge in [0.05, 0.1) is 0 Å². The molecule has 0 radical (unpaired) electrons. The molecule has 0 N–H and O–H groups in total. The number of hydrogen-bond acceptors (Lipinski definition) is 12. The number of aryl methyl sites for hydroxylation is 1. The summed E-state index contributed by atoms with van der Waals surface area (Å²) in [6, 6.07) is 92.0. The summed E-state index contributed by atoms with van der Waals surface area (Å²) in [4.78, 5) is 108. The average molecular weight is 1930 g/mol. The SMILES string of the molecule is CC(C)(C)OC(=O)CN(C(=O)c1c(F)cccc1F)c1cccc(-c2ccc(-c3ccccc3)cc2)c1.CC(C)(C)OC(=O)CN(C(=O)c1c(F)cccc1F)c1cccc(-c2ccc(C(C)(C)C)cc2)c1.CC(C)(C)OC(=O)CN(C(=O)c1c(F)cccc1F)c1cccc(-c2ccccc2-c2ccccc2)c1.CCc1ccc(-c2cccc(N(CC(=O)OC(C)(C)C)C(=O)c3c(F)cccc3F)c2)cc1. The van der Waals surface area contributed by atoms with Gasteiger partial charge in [-0.15, -0.1) is 0 Å². The second kappa shape index (κ2) is 46.8. The molecule has 0 heterocycles. The van der Waals surface area contributed by atoms with Crippen molar-refractivity contribution in [2.45, 2.75) is 145 Å². The monoisotopic (exact) mass is 1930 g/mol. The molecule has 732 valence electrons. The smallest absolute Gasteiger partial charge is 0.326 e. The van der Waals surface area contributed by atoms with Crippen LogP contribution in [0.3, 0.4) is 0 Å². The Morgan fingerprint density at radius 2 is 0.430 bits per heavy atom. The summed E-state index contributed by atoms with van der Waals surface area (Å²) in [7, 11) is 0. The van der Waals surface area contributed by atoms with Gasteiger partial charge >= 0.3 is 23.9 Å². The van der Waals surface area contributed by atoms with E-state index in [1.54, 1.807) is 156 Å². The maximum atomic E-state index is 14.6. The quantitative estimate of drug-likeness (QED) is 0.0336. The van der Waals surface area contributed by atoms with Crippen LogP contribution in [0, 0.1) is 46.5 Å². The lowest BCUT2D eigenvalue weighted by Crippen LogP contribution is -2.39. The van der Waals surface area contributed by atoms with E-state index in [4.69, 9.17) is 18.9 Å². The summed E-state index contributed by atoms with van der Waals surface area (Å²) in [5.74, 6) is -14.7. The van der Waals surface area contributed by atoms with E-state index in [9.17, 15) is 73.5 Å². The Balaban J connectivity index is 0.000000181. The highest BCUT2D eigenvalue weighted by molar-refractivity contribution is 6.12. The number of anilines is 4. The van der Waals surface area contributed by atoms with Gasteiger partial charge in [-0.3, -0.25) is 58.0 Å². The Labute approximate surface area is 823 Å². The van der Waals surface area contributed by atoms with E-state index >= 15 is 0 Å². The second-order valence-corrected chi connectivity index (χ2v) is 38.2. The lowest BCUT2D eigenvalue weighted by molar-refractivity contribution is -0.154. The van der Waals surface area contributed by atoms with Gasteiger partial charge in [-0.2, -0.15) is 0 Å². The third-order valence-corrected chi connectivity index (χ3v) is 21.6. The topological polar surface area (TPSA) is 186 Å². The van der Waals surface area contributed by atoms with Crippen LogP contribution in [0.4, 0.5) is 57.9 Å². The molecule has 142 heavy (non-hydrogen) atoms. The number of hydrogen-bond donors (Lipinski definition) is 0. The van der Waals surface area contributed by atoms with Gasteiger partial charge in [0, 0.05) is 22.7 Å². The molecule has 0 saturated carbocycles. The fourth-order valence-corrected chi connectivity index (χ4v) is 15.1. The molecule has 14 aromatic carbocycles. The third-order valence-electron chi connectivity index (χ3n) is 21.6. The fourth-order valence-electron chi connectivity index (χ4n) is 15.1.